The molecule has 2 N–H and O–H groups in total. The van der Waals surface area contributed by atoms with Crippen LogP contribution in [0, 0.1) is 5.92 Å². The maximum Gasteiger partial charge on any atom is 0.227 e. The zero-order chi connectivity index (χ0) is 22.3. The third-order valence-corrected chi connectivity index (χ3v) is 5.58. The van der Waals surface area contributed by atoms with Crippen molar-refractivity contribution in [2.24, 2.45) is 5.92 Å². The summed E-state index contributed by atoms with van der Waals surface area (Å²) in [5, 5.41) is 6.12. The van der Waals surface area contributed by atoms with Gasteiger partial charge >= 0.3 is 0 Å². The zero-order valence-corrected chi connectivity index (χ0v) is 18.1. The van der Waals surface area contributed by atoms with Crippen LogP contribution in [0.3, 0.4) is 0 Å². The predicted octanol–water partition coefficient (Wildman–Crippen LogP) is 0.903. The molecule has 4 rings (SSSR count). The van der Waals surface area contributed by atoms with Crippen molar-refractivity contribution in [1.29, 1.82) is 0 Å². The lowest BCUT2D eigenvalue weighted by Crippen LogP contribution is -2.37. The molecule has 1 atom stereocenters. The number of morpholine rings is 1. The van der Waals surface area contributed by atoms with Gasteiger partial charge in [0.1, 0.15) is 23.7 Å². The van der Waals surface area contributed by atoms with E-state index in [1.54, 1.807) is 18.1 Å². The Bertz CT molecular complexity index is 950. The van der Waals surface area contributed by atoms with Gasteiger partial charge in [-0.2, -0.15) is 0 Å². The van der Waals surface area contributed by atoms with Crippen molar-refractivity contribution in [3.63, 3.8) is 0 Å². The molecule has 2 aliphatic rings. The fraction of sp³-hybridized carbons (Fsp3) is 0.455. The molecule has 0 spiro atoms. The number of rotatable bonds is 8. The summed E-state index contributed by atoms with van der Waals surface area (Å²) in [6.45, 7) is 4.31. The third-order valence-electron chi connectivity index (χ3n) is 5.58. The first kappa shape index (κ1) is 21.8. The van der Waals surface area contributed by atoms with Gasteiger partial charge in [0.25, 0.3) is 0 Å². The first-order chi connectivity index (χ1) is 15.6. The molecule has 0 aliphatic carbocycles. The molecule has 1 aromatic carbocycles. The minimum atomic E-state index is -0.374. The molecule has 10 nitrogen and oxygen atoms in total. The van der Waals surface area contributed by atoms with Gasteiger partial charge in [0.05, 0.1) is 26.2 Å². The number of hydrogen-bond acceptors (Lipinski definition) is 8. The van der Waals surface area contributed by atoms with Crippen LogP contribution in [0.4, 0.5) is 17.3 Å². The molecule has 0 bridgehead atoms. The standard InChI is InChI=1S/C22H28N6O4/c1-31-18-4-2-3-17(12-18)28-14-16(11-21(28)29)22(30)24-6-5-23-19-13-20(26-15-25-19)27-7-9-32-10-8-27/h2-4,12-13,15-16H,5-11,14H2,1H3,(H,24,30)(H,23,25,26). The molecule has 2 amide bonds. The number of aromatic nitrogens is 2. The summed E-state index contributed by atoms with van der Waals surface area (Å²) in [4.78, 5) is 37.4. The Kier molecular flexibility index (Phi) is 7.00. The van der Waals surface area contributed by atoms with E-state index in [0.717, 1.165) is 24.6 Å². The quantitative estimate of drug-likeness (QED) is 0.583. The van der Waals surface area contributed by atoms with E-state index < -0.39 is 0 Å². The van der Waals surface area contributed by atoms with Crippen LogP contribution in [0.5, 0.6) is 5.75 Å². The smallest absolute Gasteiger partial charge is 0.227 e. The highest BCUT2D eigenvalue weighted by Gasteiger charge is 2.35. The number of anilines is 3. The first-order valence-electron chi connectivity index (χ1n) is 10.7. The Labute approximate surface area is 186 Å². The van der Waals surface area contributed by atoms with Gasteiger partial charge in [-0.15, -0.1) is 0 Å². The SMILES string of the molecule is COc1cccc(N2CC(C(=O)NCCNc3cc(N4CCOCC4)ncn3)CC2=O)c1. The number of methoxy groups -OCH3 is 1. The van der Waals surface area contributed by atoms with Crippen LogP contribution < -0.4 is 25.2 Å². The zero-order valence-electron chi connectivity index (χ0n) is 18.1. The van der Waals surface area contributed by atoms with Crippen molar-refractivity contribution < 1.29 is 19.1 Å². The molecule has 170 valence electrons. The lowest BCUT2D eigenvalue weighted by atomic mass is 10.1. The van der Waals surface area contributed by atoms with E-state index in [-0.39, 0.29) is 24.2 Å². The normalized spacial score (nSPS) is 18.5. The Morgan fingerprint density at radius 2 is 2.06 bits per heavy atom. The maximum absolute atomic E-state index is 12.6. The molecule has 32 heavy (non-hydrogen) atoms. The molecule has 2 fully saturated rings. The number of carbonyl (C=O) groups excluding carboxylic acids is 2. The van der Waals surface area contributed by atoms with E-state index >= 15 is 0 Å². The van der Waals surface area contributed by atoms with Gasteiger partial charge in [0.2, 0.25) is 11.8 Å². The molecular formula is C22H28N6O4. The summed E-state index contributed by atoms with van der Waals surface area (Å²) in [5.74, 6) is 1.68. The lowest BCUT2D eigenvalue weighted by Gasteiger charge is -2.27. The highest BCUT2D eigenvalue weighted by Crippen LogP contribution is 2.28. The minimum Gasteiger partial charge on any atom is -0.497 e. The monoisotopic (exact) mass is 440 g/mol. The second-order valence-corrected chi connectivity index (χ2v) is 7.69. The van der Waals surface area contributed by atoms with Crippen molar-refractivity contribution in [1.82, 2.24) is 15.3 Å². The number of nitrogens with zero attached hydrogens (tertiary/aromatic N) is 4. The fourth-order valence-corrected chi connectivity index (χ4v) is 3.84. The molecule has 3 heterocycles. The summed E-state index contributed by atoms with van der Waals surface area (Å²) in [5.41, 5.74) is 0.742. The van der Waals surface area contributed by atoms with Crippen LogP contribution in [-0.4, -0.2) is 74.8 Å². The molecule has 2 saturated heterocycles. The summed E-state index contributed by atoms with van der Waals surface area (Å²) >= 11 is 0. The molecule has 1 unspecified atom stereocenters. The highest BCUT2D eigenvalue weighted by molar-refractivity contribution is 6.00. The fourth-order valence-electron chi connectivity index (χ4n) is 3.84. The van der Waals surface area contributed by atoms with E-state index in [1.807, 2.05) is 24.3 Å². The molecule has 1 aromatic heterocycles. The van der Waals surface area contributed by atoms with Gasteiger partial charge in [-0.25, -0.2) is 9.97 Å². The molecule has 0 radical (unpaired) electrons. The number of ether oxygens (including phenoxy) is 2. The van der Waals surface area contributed by atoms with E-state index in [0.29, 0.717) is 44.4 Å². The molecule has 2 aliphatic heterocycles. The molecule has 0 saturated carbocycles. The summed E-state index contributed by atoms with van der Waals surface area (Å²) in [6.07, 6.45) is 1.73. The first-order valence-corrected chi connectivity index (χ1v) is 10.7. The average molecular weight is 441 g/mol. The van der Waals surface area contributed by atoms with Gasteiger partial charge in [-0.1, -0.05) is 6.07 Å². The van der Waals surface area contributed by atoms with Crippen LogP contribution in [0.25, 0.3) is 0 Å². The van der Waals surface area contributed by atoms with Gasteiger partial charge in [0, 0.05) is 57.0 Å². The molecule has 10 heteroatoms. The van der Waals surface area contributed by atoms with Gasteiger partial charge in [-0.05, 0) is 12.1 Å². The van der Waals surface area contributed by atoms with Crippen molar-refractivity contribution in [3.8, 4) is 5.75 Å². The van der Waals surface area contributed by atoms with Crippen LogP contribution in [0.15, 0.2) is 36.7 Å². The Morgan fingerprint density at radius 3 is 2.88 bits per heavy atom. The Morgan fingerprint density at radius 1 is 1.22 bits per heavy atom. The third kappa shape index (κ3) is 5.25. The van der Waals surface area contributed by atoms with E-state index in [9.17, 15) is 9.59 Å². The van der Waals surface area contributed by atoms with Crippen LogP contribution in [-0.2, 0) is 14.3 Å². The van der Waals surface area contributed by atoms with Crippen LogP contribution in [0.1, 0.15) is 6.42 Å². The number of amides is 2. The second-order valence-electron chi connectivity index (χ2n) is 7.69. The predicted molar refractivity (Wildman–Crippen MR) is 120 cm³/mol. The van der Waals surface area contributed by atoms with Gasteiger partial charge < -0.3 is 29.9 Å². The average Bonchev–Trinajstić information content (AvgIpc) is 3.24. The van der Waals surface area contributed by atoms with Gasteiger partial charge in [-0.3, -0.25) is 9.59 Å². The van der Waals surface area contributed by atoms with E-state index in [2.05, 4.69) is 25.5 Å². The van der Waals surface area contributed by atoms with Crippen molar-refractivity contribution in [2.75, 3.05) is 68.2 Å². The van der Waals surface area contributed by atoms with E-state index in [1.165, 1.54) is 6.33 Å². The summed E-state index contributed by atoms with van der Waals surface area (Å²) in [6, 6.07) is 9.20. The number of benzene rings is 1. The van der Waals surface area contributed by atoms with Crippen molar-refractivity contribution in [3.05, 3.63) is 36.7 Å². The number of carbonyl (C=O) groups is 2. The van der Waals surface area contributed by atoms with E-state index in [4.69, 9.17) is 9.47 Å². The van der Waals surface area contributed by atoms with Crippen LogP contribution >= 0.6 is 0 Å². The minimum absolute atomic E-state index is 0.0619. The topological polar surface area (TPSA) is 109 Å². The molecule has 2 aromatic rings. The van der Waals surface area contributed by atoms with Crippen molar-refractivity contribution in [2.45, 2.75) is 6.42 Å². The van der Waals surface area contributed by atoms with Crippen LogP contribution in [0.2, 0.25) is 0 Å². The summed E-state index contributed by atoms with van der Waals surface area (Å²) < 4.78 is 10.6. The highest BCUT2D eigenvalue weighted by atomic mass is 16.5. The Balaban J connectivity index is 1.23. The molecular weight excluding hydrogens is 412 g/mol. The maximum atomic E-state index is 12.6. The van der Waals surface area contributed by atoms with Crippen molar-refractivity contribution >= 4 is 29.1 Å². The number of nitrogens with one attached hydrogen (secondary N) is 2. The van der Waals surface area contributed by atoms with Gasteiger partial charge in [0.15, 0.2) is 0 Å². The summed E-state index contributed by atoms with van der Waals surface area (Å²) in [7, 11) is 1.58. The lowest BCUT2D eigenvalue weighted by molar-refractivity contribution is -0.126. The largest absolute Gasteiger partial charge is 0.497 e. The number of hydrogen-bond donors (Lipinski definition) is 2. The Hall–Kier alpha value is -3.40. The second kappa shape index (κ2) is 10.3.